The fourth-order valence-electron chi connectivity index (χ4n) is 10.2. The van der Waals surface area contributed by atoms with Crippen LogP contribution in [0.1, 0.15) is 32.6 Å². The Kier molecular flexibility index (Phi) is 13.1. The summed E-state index contributed by atoms with van der Waals surface area (Å²) in [5, 5.41) is 13.7. The topological polar surface area (TPSA) is 73.6 Å². The van der Waals surface area contributed by atoms with Crippen LogP contribution in [0.5, 0.6) is 0 Å². The summed E-state index contributed by atoms with van der Waals surface area (Å²) >= 11 is 0. The summed E-state index contributed by atoms with van der Waals surface area (Å²) in [6.45, 7) is 23.5. The Morgan fingerprint density at radius 2 is 1.11 bits per heavy atom. The number of fused-ring (bicyclic) bond motifs is 10. The van der Waals surface area contributed by atoms with E-state index in [-0.39, 0.29) is 0 Å². The third-order valence-electron chi connectivity index (χ3n) is 12.7. The average Bonchev–Trinajstić information content (AvgIpc) is 3.82. The lowest BCUT2D eigenvalue weighted by Gasteiger charge is -2.43. The van der Waals surface area contributed by atoms with Gasteiger partial charge in [0.05, 0.1) is 12.2 Å². The van der Waals surface area contributed by atoms with Gasteiger partial charge in [0.2, 0.25) is 0 Å². The average molecular weight is 646 g/mol. The maximum Gasteiger partial charge on any atom is 0.0831 e. The quantitative estimate of drug-likeness (QED) is 0.294. The zero-order chi connectivity index (χ0) is 32.0. The number of piperidine rings is 5. The minimum Gasteiger partial charge on any atom is -0.370 e. The second-order valence-electron chi connectivity index (χ2n) is 17.1. The largest absolute Gasteiger partial charge is 0.370 e. The lowest BCUT2D eigenvalue weighted by molar-refractivity contribution is -0.0962. The summed E-state index contributed by atoms with van der Waals surface area (Å²) in [6, 6.07) is 1.69. The van der Waals surface area contributed by atoms with Crippen molar-refractivity contribution in [2.75, 3.05) is 139 Å². The molecular weight excluding hydrogens is 574 g/mol. The van der Waals surface area contributed by atoms with Crippen molar-refractivity contribution in [2.45, 2.75) is 56.9 Å². The first-order valence-corrected chi connectivity index (χ1v) is 19.3. The van der Waals surface area contributed by atoms with Gasteiger partial charge >= 0.3 is 0 Å². The molecule has 0 aromatic rings. The molecule has 0 amide bonds. The Hall–Kier alpha value is -0.400. The number of ether oxygens (including phenoxy) is 1. The highest BCUT2D eigenvalue weighted by Crippen LogP contribution is 2.31. The molecule has 11 fully saturated rings. The molecule has 11 aliphatic rings. The van der Waals surface area contributed by atoms with E-state index in [0.717, 1.165) is 73.8 Å². The van der Waals surface area contributed by atoms with Gasteiger partial charge in [0.25, 0.3) is 0 Å². The Balaban J connectivity index is 0.000000101. The van der Waals surface area contributed by atoms with Crippen molar-refractivity contribution in [3.63, 3.8) is 0 Å². The number of hydrogen-bond acceptors (Lipinski definition) is 10. The van der Waals surface area contributed by atoms with Crippen molar-refractivity contribution in [3.05, 3.63) is 0 Å². The summed E-state index contributed by atoms with van der Waals surface area (Å²) in [5.41, 5.74) is 0. The van der Waals surface area contributed by atoms with Crippen LogP contribution in [0.15, 0.2) is 0 Å². The van der Waals surface area contributed by atoms with Gasteiger partial charge in [-0.15, -0.1) is 0 Å². The molecule has 10 heteroatoms. The Morgan fingerprint density at radius 3 is 1.57 bits per heavy atom. The molecule has 11 heterocycles. The fourth-order valence-corrected chi connectivity index (χ4v) is 10.2. The Bertz CT molecular complexity index is 829. The molecule has 0 aliphatic carbocycles. The van der Waals surface area contributed by atoms with E-state index in [2.05, 4.69) is 80.9 Å². The molecule has 266 valence electrons. The molecule has 8 bridgehead atoms. The van der Waals surface area contributed by atoms with Gasteiger partial charge in [-0.3, -0.25) is 0 Å². The number of nitrogens with one attached hydrogen (secondary N) is 4. The summed E-state index contributed by atoms with van der Waals surface area (Å²) in [7, 11) is 8.84. The van der Waals surface area contributed by atoms with E-state index in [0.29, 0.717) is 12.2 Å². The fraction of sp³-hybridized carbons (Fsp3) is 1.00. The number of likely N-dealkylation sites (N-methyl/N-ethyl adjacent to an activating group) is 2. The van der Waals surface area contributed by atoms with Gasteiger partial charge in [-0.05, 0) is 129 Å². The molecule has 4 N–H and O–H groups in total. The number of morpholine rings is 2. The first-order chi connectivity index (χ1) is 22.3. The van der Waals surface area contributed by atoms with Gasteiger partial charge in [0.1, 0.15) is 0 Å². The van der Waals surface area contributed by atoms with Crippen LogP contribution in [0, 0.1) is 35.5 Å². The molecule has 11 rings (SSSR count). The minimum atomic E-state index is 0.442. The lowest BCUT2D eigenvalue weighted by atomic mass is 9.80. The van der Waals surface area contributed by atoms with Crippen molar-refractivity contribution in [1.82, 2.24) is 45.8 Å². The molecular formula is C36H71N9O. The molecule has 9 atom stereocenters. The third-order valence-corrected chi connectivity index (χ3v) is 12.7. The van der Waals surface area contributed by atoms with Crippen LogP contribution in [0.25, 0.3) is 0 Å². The number of nitrogens with zero attached hydrogens (tertiary/aromatic N) is 5. The summed E-state index contributed by atoms with van der Waals surface area (Å²) < 4.78 is 5.69. The maximum absolute atomic E-state index is 5.69. The molecule has 10 nitrogen and oxygen atoms in total. The van der Waals surface area contributed by atoms with Gasteiger partial charge in [0, 0.05) is 84.1 Å². The highest BCUT2D eigenvalue weighted by Gasteiger charge is 2.35. The second kappa shape index (κ2) is 17.0. The lowest BCUT2D eigenvalue weighted by Crippen LogP contribution is -2.57. The molecule has 11 saturated heterocycles. The van der Waals surface area contributed by atoms with E-state index in [1.807, 2.05) is 0 Å². The van der Waals surface area contributed by atoms with E-state index >= 15 is 0 Å². The van der Waals surface area contributed by atoms with E-state index < -0.39 is 0 Å². The van der Waals surface area contributed by atoms with Gasteiger partial charge in [0.15, 0.2) is 0 Å². The SMILES string of the molecule is CC1CN2CCC1CC2.CN1CC2CC1CN2.CN1CC2CNCC(C1)O2.CN1CC2CNCC(C2)C1.CN1CC2CNCC2C1. The number of rotatable bonds is 0. The first-order valence-electron chi connectivity index (χ1n) is 19.3. The summed E-state index contributed by atoms with van der Waals surface area (Å²) in [6.07, 6.45) is 6.69. The van der Waals surface area contributed by atoms with Crippen molar-refractivity contribution < 1.29 is 4.74 Å². The zero-order valence-electron chi connectivity index (χ0n) is 30.3. The number of likely N-dealkylation sites (tertiary alicyclic amines) is 3. The Morgan fingerprint density at radius 1 is 0.543 bits per heavy atom. The summed E-state index contributed by atoms with van der Waals surface area (Å²) in [4.78, 5) is 12.3. The molecule has 46 heavy (non-hydrogen) atoms. The van der Waals surface area contributed by atoms with Crippen LogP contribution >= 0.6 is 0 Å². The van der Waals surface area contributed by atoms with Crippen molar-refractivity contribution in [1.29, 1.82) is 0 Å². The van der Waals surface area contributed by atoms with Gasteiger partial charge < -0.3 is 50.5 Å². The van der Waals surface area contributed by atoms with Crippen molar-refractivity contribution in [2.24, 2.45) is 35.5 Å². The van der Waals surface area contributed by atoms with E-state index in [1.54, 1.807) is 0 Å². The summed E-state index contributed by atoms with van der Waals surface area (Å²) in [5.74, 6) is 5.89. The van der Waals surface area contributed by atoms with Gasteiger partial charge in [-0.1, -0.05) is 6.92 Å². The normalized spacial score (nSPS) is 44.4. The monoisotopic (exact) mass is 646 g/mol. The molecule has 0 radical (unpaired) electrons. The van der Waals surface area contributed by atoms with E-state index in [1.165, 1.54) is 111 Å². The third kappa shape index (κ3) is 10.1. The van der Waals surface area contributed by atoms with Gasteiger partial charge in [-0.2, -0.15) is 0 Å². The van der Waals surface area contributed by atoms with E-state index in [9.17, 15) is 0 Å². The van der Waals surface area contributed by atoms with Crippen LogP contribution in [-0.2, 0) is 4.74 Å². The molecule has 0 aromatic heterocycles. The van der Waals surface area contributed by atoms with Crippen molar-refractivity contribution in [3.8, 4) is 0 Å². The van der Waals surface area contributed by atoms with E-state index in [4.69, 9.17) is 4.74 Å². The molecule has 0 spiro atoms. The van der Waals surface area contributed by atoms with Crippen molar-refractivity contribution >= 4 is 0 Å². The molecule has 11 aliphatic heterocycles. The predicted octanol–water partition coefficient (Wildman–Crippen LogP) is 0.224. The smallest absolute Gasteiger partial charge is 0.0831 e. The molecule has 9 unspecified atom stereocenters. The maximum atomic E-state index is 5.69. The molecule has 0 saturated carbocycles. The first kappa shape index (κ1) is 35.4. The van der Waals surface area contributed by atoms with Crippen LogP contribution in [0.2, 0.25) is 0 Å². The number of piperazine rings is 1. The van der Waals surface area contributed by atoms with Crippen LogP contribution < -0.4 is 21.3 Å². The highest BCUT2D eigenvalue weighted by molar-refractivity contribution is 4.95. The van der Waals surface area contributed by atoms with Crippen LogP contribution in [-0.4, -0.2) is 188 Å². The van der Waals surface area contributed by atoms with Gasteiger partial charge in [-0.25, -0.2) is 0 Å². The Labute approximate surface area is 282 Å². The van der Waals surface area contributed by atoms with Crippen LogP contribution in [0.4, 0.5) is 0 Å². The predicted molar refractivity (Wildman–Crippen MR) is 189 cm³/mol. The highest BCUT2D eigenvalue weighted by atomic mass is 16.5. The standard InChI is InChI=1S/C8H16N2.C8H15N.C7H14N2O.C7H14N2.C6H12N2/c1-10-5-7-2-8(6-10)4-9-3-7;1-7-6-9-4-2-8(7)3-5-9;1-9-4-6-2-8-3-7(5-9)10-6;1-9-4-6-2-8-3-7(6)5-9;1-8-4-5-2-6(8)3-7-5/h7-9H,2-6H2,1H3;7-8H,2-6H2,1H3;6-8H,2-5H2,1H3;6-8H,2-5H2,1H3;5-7H,2-4H2,1H3. The zero-order valence-corrected chi connectivity index (χ0v) is 30.3. The number of hydrogen-bond donors (Lipinski definition) is 4. The molecule has 0 aromatic carbocycles. The minimum absolute atomic E-state index is 0.442. The van der Waals surface area contributed by atoms with Crippen LogP contribution in [0.3, 0.4) is 0 Å². The second-order valence-corrected chi connectivity index (χ2v) is 17.1.